The van der Waals surface area contributed by atoms with E-state index in [0.29, 0.717) is 41.2 Å². The van der Waals surface area contributed by atoms with Crippen molar-refractivity contribution < 1.29 is 8.42 Å². The molecule has 1 aliphatic rings. The van der Waals surface area contributed by atoms with Crippen molar-refractivity contribution >= 4 is 21.6 Å². The van der Waals surface area contributed by atoms with E-state index in [4.69, 9.17) is 11.6 Å². The van der Waals surface area contributed by atoms with E-state index < -0.39 is 10.0 Å². The largest absolute Gasteiger partial charge is 0.268 e. The monoisotopic (exact) mass is 333 g/mol. The van der Waals surface area contributed by atoms with Crippen LogP contribution in [-0.4, -0.2) is 42.0 Å². The first-order valence-electron chi connectivity index (χ1n) is 7.44. The fourth-order valence-corrected chi connectivity index (χ4v) is 4.51. The summed E-state index contributed by atoms with van der Waals surface area (Å²) in [5, 5.41) is 4.36. The van der Waals surface area contributed by atoms with Crippen molar-refractivity contribution in [3.8, 4) is 0 Å². The van der Waals surface area contributed by atoms with E-state index in [-0.39, 0.29) is 0 Å². The first kappa shape index (κ1) is 16.8. The maximum absolute atomic E-state index is 12.8. The molecule has 2 rings (SSSR count). The van der Waals surface area contributed by atoms with Gasteiger partial charge in [0, 0.05) is 26.0 Å². The summed E-state index contributed by atoms with van der Waals surface area (Å²) in [4.78, 5) is 0.360. The molecule has 0 aliphatic heterocycles. The first-order valence-corrected chi connectivity index (χ1v) is 9.41. The van der Waals surface area contributed by atoms with E-state index in [9.17, 15) is 8.42 Å². The Kier molecular flexibility index (Phi) is 5.33. The summed E-state index contributed by atoms with van der Waals surface area (Å²) in [5.41, 5.74) is 1.28. The zero-order valence-electron chi connectivity index (χ0n) is 13.0. The quantitative estimate of drug-likeness (QED) is 0.720. The highest BCUT2D eigenvalue weighted by atomic mass is 35.5. The van der Waals surface area contributed by atoms with Crippen LogP contribution in [0.2, 0.25) is 0 Å². The third-order valence-electron chi connectivity index (χ3n) is 4.23. The van der Waals surface area contributed by atoms with Gasteiger partial charge in [-0.25, -0.2) is 12.7 Å². The van der Waals surface area contributed by atoms with Gasteiger partial charge in [0.05, 0.1) is 11.4 Å². The fourth-order valence-electron chi connectivity index (χ4n) is 2.77. The molecule has 120 valence electrons. The van der Waals surface area contributed by atoms with Crippen molar-refractivity contribution in [1.82, 2.24) is 14.1 Å². The lowest BCUT2D eigenvalue weighted by molar-refractivity contribution is 0.263. The molecule has 1 saturated carbocycles. The molecule has 1 aliphatic carbocycles. The Bertz CT molecular complexity index is 594. The molecule has 0 bridgehead atoms. The second-order valence-electron chi connectivity index (χ2n) is 5.85. The van der Waals surface area contributed by atoms with Gasteiger partial charge < -0.3 is 0 Å². The van der Waals surface area contributed by atoms with Crippen LogP contribution in [0.1, 0.15) is 37.1 Å². The Morgan fingerprint density at radius 2 is 2.05 bits per heavy atom. The molecule has 0 unspecified atom stereocenters. The number of aromatic nitrogens is 2. The number of aryl methyl sites for hydroxylation is 2. The average Bonchev–Trinajstić information content (AvgIpc) is 2.66. The van der Waals surface area contributed by atoms with E-state index >= 15 is 0 Å². The van der Waals surface area contributed by atoms with E-state index in [0.717, 1.165) is 19.3 Å². The summed E-state index contributed by atoms with van der Waals surface area (Å²) < 4.78 is 28.8. The summed E-state index contributed by atoms with van der Waals surface area (Å²) >= 11 is 5.70. The molecular formula is C14H24ClN3O2S. The van der Waals surface area contributed by atoms with Crippen molar-refractivity contribution in [3.63, 3.8) is 0 Å². The Labute approximate surface area is 132 Å². The van der Waals surface area contributed by atoms with Gasteiger partial charge in [0.25, 0.3) is 0 Å². The Hall–Kier alpha value is -0.590. The van der Waals surface area contributed by atoms with Crippen LogP contribution in [0, 0.1) is 19.8 Å². The Morgan fingerprint density at radius 3 is 2.57 bits per heavy atom. The number of hydrogen-bond acceptors (Lipinski definition) is 3. The van der Waals surface area contributed by atoms with Crippen LogP contribution in [0.15, 0.2) is 4.90 Å². The lowest BCUT2D eigenvalue weighted by atomic mass is 9.86. The van der Waals surface area contributed by atoms with Crippen LogP contribution in [0.5, 0.6) is 0 Å². The molecule has 5 nitrogen and oxygen atoms in total. The molecule has 0 radical (unpaired) electrons. The molecule has 1 aromatic rings. The highest BCUT2D eigenvalue weighted by molar-refractivity contribution is 7.89. The molecule has 21 heavy (non-hydrogen) atoms. The van der Waals surface area contributed by atoms with Gasteiger partial charge in [0.2, 0.25) is 10.0 Å². The lowest BCUT2D eigenvalue weighted by Crippen LogP contribution is -2.34. The fraction of sp³-hybridized carbons (Fsp3) is 0.786. The van der Waals surface area contributed by atoms with Gasteiger partial charge in [0.15, 0.2) is 0 Å². The van der Waals surface area contributed by atoms with E-state index in [1.54, 1.807) is 18.7 Å². The summed E-state index contributed by atoms with van der Waals surface area (Å²) in [6, 6.07) is 0. The highest BCUT2D eigenvalue weighted by Gasteiger charge is 2.31. The van der Waals surface area contributed by atoms with Gasteiger partial charge in [-0.2, -0.15) is 5.10 Å². The number of nitrogens with zero attached hydrogens (tertiary/aromatic N) is 3. The van der Waals surface area contributed by atoms with Gasteiger partial charge in [0.1, 0.15) is 4.90 Å². The number of halogens is 1. The first-order chi connectivity index (χ1) is 9.87. The van der Waals surface area contributed by atoms with Crippen LogP contribution in [0.25, 0.3) is 0 Å². The zero-order valence-corrected chi connectivity index (χ0v) is 14.5. The minimum Gasteiger partial charge on any atom is -0.268 e. The summed E-state index contributed by atoms with van der Waals surface area (Å²) in [7, 11) is -1.79. The molecular weight excluding hydrogens is 310 g/mol. The molecule has 7 heteroatoms. The van der Waals surface area contributed by atoms with Crippen LogP contribution < -0.4 is 0 Å². The smallest absolute Gasteiger partial charge is 0.246 e. The predicted molar refractivity (Wildman–Crippen MR) is 84.2 cm³/mol. The van der Waals surface area contributed by atoms with Gasteiger partial charge in [-0.1, -0.05) is 6.42 Å². The van der Waals surface area contributed by atoms with E-state index in [2.05, 4.69) is 5.10 Å². The summed E-state index contributed by atoms with van der Waals surface area (Å²) in [6.45, 7) is 4.83. The summed E-state index contributed by atoms with van der Waals surface area (Å²) in [5.74, 6) is 1.05. The average molecular weight is 334 g/mol. The van der Waals surface area contributed by atoms with Crippen LogP contribution >= 0.6 is 11.6 Å². The maximum Gasteiger partial charge on any atom is 0.246 e. The van der Waals surface area contributed by atoms with Crippen LogP contribution in [0.3, 0.4) is 0 Å². The molecule has 0 saturated heterocycles. The SMILES string of the molecule is Cc1nn(CCCCl)c(C)c1S(=O)(=O)N(C)CC1CCC1. The van der Waals surface area contributed by atoms with E-state index in [1.165, 1.54) is 10.7 Å². The highest BCUT2D eigenvalue weighted by Crippen LogP contribution is 2.30. The molecule has 0 atom stereocenters. The minimum atomic E-state index is -3.46. The van der Waals surface area contributed by atoms with E-state index in [1.807, 2.05) is 6.92 Å². The Morgan fingerprint density at radius 1 is 1.38 bits per heavy atom. The van der Waals surface area contributed by atoms with Crippen molar-refractivity contribution in [2.75, 3.05) is 19.5 Å². The van der Waals surface area contributed by atoms with Gasteiger partial charge in [-0.05, 0) is 39.0 Å². The number of sulfonamides is 1. The van der Waals surface area contributed by atoms with Crippen molar-refractivity contribution in [2.24, 2.45) is 5.92 Å². The lowest BCUT2D eigenvalue weighted by Gasteiger charge is -2.29. The van der Waals surface area contributed by atoms with Gasteiger partial charge in [-0.3, -0.25) is 4.68 Å². The topological polar surface area (TPSA) is 55.2 Å². The molecule has 0 amide bonds. The van der Waals surface area contributed by atoms with Gasteiger partial charge in [-0.15, -0.1) is 11.6 Å². The molecule has 0 aromatic carbocycles. The third kappa shape index (κ3) is 3.43. The van der Waals surface area contributed by atoms with Crippen molar-refractivity contribution in [2.45, 2.75) is 51.0 Å². The third-order valence-corrected chi connectivity index (χ3v) is 6.57. The normalized spacial score (nSPS) is 16.4. The number of alkyl halides is 1. The second-order valence-corrected chi connectivity index (χ2v) is 8.21. The second kappa shape index (κ2) is 6.67. The number of hydrogen-bond donors (Lipinski definition) is 0. The molecule has 1 fully saturated rings. The molecule has 0 N–H and O–H groups in total. The predicted octanol–water partition coefficient (Wildman–Crippen LogP) is 2.55. The van der Waals surface area contributed by atoms with Crippen LogP contribution in [0.4, 0.5) is 0 Å². The van der Waals surface area contributed by atoms with Crippen molar-refractivity contribution in [1.29, 1.82) is 0 Å². The zero-order chi connectivity index (χ0) is 15.6. The standard InChI is InChI=1S/C14H24ClN3O2S/c1-11-14(12(2)18(16-11)9-5-8-15)21(19,20)17(3)10-13-6-4-7-13/h13H,4-10H2,1-3H3. The van der Waals surface area contributed by atoms with Crippen molar-refractivity contribution in [3.05, 3.63) is 11.4 Å². The Balaban J connectivity index is 2.24. The molecule has 1 heterocycles. The van der Waals surface area contributed by atoms with Gasteiger partial charge >= 0.3 is 0 Å². The minimum absolute atomic E-state index is 0.360. The number of rotatable bonds is 7. The maximum atomic E-state index is 12.8. The molecule has 1 aromatic heterocycles. The molecule has 0 spiro atoms. The van der Waals surface area contributed by atoms with Crippen LogP contribution in [-0.2, 0) is 16.6 Å². The summed E-state index contributed by atoms with van der Waals surface area (Å²) in [6.07, 6.45) is 4.26.